The van der Waals surface area contributed by atoms with Gasteiger partial charge in [-0.05, 0) is 36.6 Å². The molecule has 2 aliphatic rings. The number of amides is 1. The van der Waals surface area contributed by atoms with Crippen LogP contribution in [0.4, 0.5) is 5.69 Å². The maximum Gasteiger partial charge on any atom is 0.227 e. The number of rotatable bonds is 5. The lowest BCUT2D eigenvalue weighted by Gasteiger charge is -2.26. The molecule has 0 bridgehead atoms. The Bertz CT molecular complexity index is 896. The number of para-hydroxylation sites is 1. The number of benzene rings is 2. The zero-order chi connectivity index (χ0) is 20.1. The van der Waals surface area contributed by atoms with E-state index in [2.05, 4.69) is 21.7 Å². The first-order valence-electron chi connectivity index (χ1n) is 10.4. The van der Waals surface area contributed by atoms with E-state index in [4.69, 9.17) is 10.5 Å². The fourth-order valence-corrected chi connectivity index (χ4v) is 4.07. The van der Waals surface area contributed by atoms with Gasteiger partial charge in [-0.25, -0.2) is 4.99 Å². The highest BCUT2D eigenvalue weighted by Gasteiger charge is 2.23. The number of hydrogen-bond donors (Lipinski definition) is 3. The SMILES string of the molecule is I.NC(=NCc1cccc(NC(=O)C2CCCC2)c1)NC1CCOc2ccccc21. The summed E-state index contributed by atoms with van der Waals surface area (Å²) in [5.74, 6) is 1.59. The van der Waals surface area contributed by atoms with Crippen LogP contribution < -0.4 is 21.1 Å². The minimum atomic E-state index is 0. The first-order chi connectivity index (χ1) is 14.2. The third kappa shape index (κ3) is 5.65. The molecule has 1 heterocycles. The molecule has 2 aromatic rings. The van der Waals surface area contributed by atoms with Gasteiger partial charge in [0.15, 0.2) is 5.96 Å². The van der Waals surface area contributed by atoms with Crippen molar-refractivity contribution in [2.45, 2.75) is 44.7 Å². The molecule has 0 radical (unpaired) electrons. The Morgan fingerprint density at radius 2 is 1.90 bits per heavy atom. The summed E-state index contributed by atoms with van der Waals surface area (Å²) < 4.78 is 5.69. The quantitative estimate of drug-likeness (QED) is 0.311. The second-order valence-electron chi connectivity index (χ2n) is 7.74. The van der Waals surface area contributed by atoms with Gasteiger partial charge in [-0.2, -0.15) is 0 Å². The number of ether oxygens (including phenoxy) is 1. The molecule has 0 aromatic heterocycles. The van der Waals surface area contributed by atoms with Crippen molar-refractivity contribution in [3.8, 4) is 5.75 Å². The maximum absolute atomic E-state index is 12.3. The fraction of sp³-hybridized carbons (Fsp3) is 0.391. The molecule has 7 heteroatoms. The highest BCUT2D eigenvalue weighted by molar-refractivity contribution is 14.0. The molecular formula is C23H29IN4O2. The molecule has 30 heavy (non-hydrogen) atoms. The number of halogens is 1. The van der Waals surface area contributed by atoms with Crippen LogP contribution in [0.3, 0.4) is 0 Å². The molecule has 1 atom stereocenters. The third-order valence-electron chi connectivity index (χ3n) is 5.63. The summed E-state index contributed by atoms with van der Waals surface area (Å²) in [5, 5.41) is 6.35. The molecular weight excluding hydrogens is 491 g/mol. The number of carbonyl (C=O) groups excluding carboxylic acids is 1. The van der Waals surface area contributed by atoms with Gasteiger partial charge in [-0.1, -0.05) is 43.2 Å². The van der Waals surface area contributed by atoms with Crippen molar-refractivity contribution in [1.29, 1.82) is 0 Å². The molecule has 4 N–H and O–H groups in total. The van der Waals surface area contributed by atoms with E-state index in [0.29, 0.717) is 19.1 Å². The summed E-state index contributed by atoms with van der Waals surface area (Å²) in [4.78, 5) is 16.8. The van der Waals surface area contributed by atoms with Crippen LogP contribution in [-0.2, 0) is 11.3 Å². The molecule has 2 aromatic carbocycles. The van der Waals surface area contributed by atoms with Crippen LogP contribution in [-0.4, -0.2) is 18.5 Å². The highest BCUT2D eigenvalue weighted by Crippen LogP contribution is 2.31. The number of fused-ring (bicyclic) bond motifs is 1. The van der Waals surface area contributed by atoms with Crippen LogP contribution >= 0.6 is 24.0 Å². The molecule has 1 amide bonds. The Morgan fingerprint density at radius 1 is 1.10 bits per heavy atom. The molecule has 1 aliphatic heterocycles. The van der Waals surface area contributed by atoms with Crippen LogP contribution in [0, 0.1) is 5.92 Å². The van der Waals surface area contributed by atoms with Crippen LogP contribution in [0.2, 0.25) is 0 Å². The molecule has 1 fully saturated rings. The van der Waals surface area contributed by atoms with Gasteiger partial charge in [0.05, 0.1) is 19.2 Å². The lowest BCUT2D eigenvalue weighted by molar-refractivity contribution is -0.119. The Morgan fingerprint density at radius 3 is 2.73 bits per heavy atom. The van der Waals surface area contributed by atoms with Crippen LogP contribution in [0.5, 0.6) is 5.75 Å². The third-order valence-corrected chi connectivity index (χ3v) is 5.63. The summed E-state index contributed by atoms with van der Waals surface area (Å²) in [6.07, 6.45) is 5.13. The molecule has 0 spiro atoms. The summed E-state index contributed by atoms with van der Waals surface area (Å²) in [5.41, 5.74) is 9.07. The first-order valence-corrected chi connectivity index (χ1v) is 10.4. The van der Waals surface area contributed by atoms with Crippen molar-refractivity contribution in [2.24, 2.45) is 16.6 Å². The number of hydrogen-bond acceptors (Lipinski definition) is 3. The Balaban J connectivity index is 0.00000256. The lowest BCUT2D eigenvalue weighted by atomic mass is 10.0. The van der Waals surface area contributed by atoms with Gasteiger partial charge >= 0.3 is 0 Å². The van der Waals surface area contributed by atoms with Crippen molar-refractivity contribution in [3.05, 3.63) is 59.7 Å². The van der Waals surface area contributed by atoms with E-state index in [1.807, 2.05) is 42.5 Å². The average Bonchev–Trinajstić information content (AvgIpc) is 3.28. The molecule has 1 aliphatic carbocycles. The van der Waals surface area contributed by atoms with E-state index in [1.165, 1.54) is 0 Å². The van der Waals surface area contributed by atoms with E-state index in [1.54, 1.807) is 0 Å². The van der Waals surface area contributed by atoms with E-state index >= 15 is 0 Å². The lowest BCUT2D eigenvalue weighted by Crippen LogP contribution is -2.37. The summed E-state index contributed by atoms with van der Waals surface area (Å²) >= 11 is 0. The number of guanidine groups is 1. The summed E-state index contributed by atoms with van der Waals surface area (Å²) in [6, 6.07) is 15.9. The van der Waals surface area contributed by atoms with Crippen molar-refractivity contribution in [3.63, 3.8) is 0 Å². The van der Waals surface area contributed by atoms with E-state index in [0.717, 1.165) is 54.7 Å². The topological polar surface area (TPSA) is 88.7 Å². The second kappa shape index (κ2) is 10.7. The maximum atomic E-state index is 12.3. The summed E-state index contributed by atoms with van der Waals surface area (Å²) in [6.45, 7) is 1.11. The Hall–Kier alpha value is -2.29. The molecule has 4 rings (SSSR count). The molecule has 6 nitrogen and oxygen atoms in total. The predicted octanol–water partition coefficient (Wildman–Crippen LogP) is 4.36. The normalized spacial score (nSPS) is 18.7. The monoisotopic (exact) mass is 520 g/mol. The minimum Gasteiger partial charge on any atom is -0.493 e. The average molecular weight is 520 g/mol. The zero-order valence-electron chi connectivity index (χ0n) is 17.0. The number of anilines is 1. The van der Waals surface area contributed by atoms with E-state index < -0.39 is 0 Å². The second-order valence-corrected chi connectivity index (χ2v) is 7.74. The van der Waals surface area contributed by atoms with Gasteiger partial charge < -0.3 is 21.1 Å². The number of nitrogens with one attached hydrogen (secondary N) is 2. The number of nitrogens with zero attached hydrogens (tertiary/aromatic N) is 1. The van der Waals surface area contributed by atoms with Gasteiger partial charge in [0.25, 0.3) is 0 Å². The predicted molar refractivity (Wildman–Crippen MR) is 130 cm³/mol. The molecule has 1 unspecified atom stereocenters. The van der Waals surface area contributed by atoms with Gasteiger partial charge in [0.2, 0.25) is 5.91 Å². The van der Waals surface area contributed by atoms with Crippen LogP contribution in [0.25, 0.3) is 0 Å². The standard InChI is InChI=1S/C23H28N4O2.HI/c24-23(27-20-12-13-29-21-11-4-3-10-19(20)21)25-15-16-6-5-9-18(14-16)26-22(28)17-7-1-2-8-17;/h3-6,9-11,14,17,20H,1-2,7-8,12-13,15H2,(H,26,28)(H3,24,25,27);1H. The van der Waals surface area contributed by atoms with Crippen LogP contribution in [0.15, 0.2) is 53.5 Å². The molecule has 160 valence electrons. The van der Waals surface area contributed by atoms with Crippen molar-refractivity contribution in [1.82, 2.24) is 5.32 Å². The van der Waals surface area contributed by atoms with Gasteiger partial charge in [0, 0.05) is 23.6 Å². The van der Waals surface area contributed by atoms with Crippen LogP contribution in [0.1, 0.15) is 49.3 Å². The molecule has 0 saturated heterocycles. The van der Waals surface area contributed by atoms with E-state index in [-0.39, 0.29) is 41.8 Å². The Kier molecular flexibility index (Phi) is 7.95. The van der Waals surface area contributed by atoms with Crippen molar-refractivity contribution < 1.29 is 9.53 Å². The fourth-order valence-electron chi connectivity index (χ4n) is 4.07. The number of nitrogens with two attached hydrogens (primary N) is 1. The first kappa shape index (κ1) is 22.4. The van der Waals surface area contributed by atoms with Crippen molar-refractivity contribution in [2.75, 3.05) is 11.9 Å². The smallest absolute Gasteiger partial charge is 0.227 e. The van der Waals surface area contributed by atoms with Gasteiger partial charge in [-0.3, -0.25) is 4.79 Å². The largest absolute Gasteiger partial charge is 0.493 e. The van der Waals surface area contributed by atoms with Crippen molar-refractivity contribution >= 4 is 41.5 Å². The Labute approximate surface area is 194 Å². The highest BCUT2D eigenvalue weighted by atomic mass is 127. The minimum absolute atomic E-state index is 0. The molecule has 1 saturated carbocycles. The van der Waals surface area contributed by atoms with Gasteiger partial charge in [0.1, 0.15) is 5.75 Å². The number of carbonyl (C=O) groups is 1. The number of aliphatic imine (C=N–C) groups is 1. The van der Waals surface area contributed by atoms with E-state index in [9.17, 15) is 4.79 Å². The zero-order valence-corrected chi connectivity index (χ0v) is 19.3. The summed E-state index contributed by atoms with van der Waals surface area (Å²) in [7, 11) is 0. The van der Waals surface area contributed by atoms with Gasteiger partial charge in [-0.15, -0.1) is 24.0 Å².